The molecular formula is C20H31FN2O2. The summed E-state index contributed by atoms with van der Waals surface area (Å²) in [5, 5.41) is 0. The van der Waals surface area contributed by atoms with E-state index < -0.39 is 0 Å². The van der Waals surface area contributed by atoms with Gasteiger partial charge in [0.1, 0.15) is 5.82 Å². The van der Waals surface area contributed by atoms with Crippen molar-refractivity contribution in [2.24, 2.45) is 11.3 Å². The van der Waals surface area contributed by atoms with E-state index in [4.69, 9.17) is 9.47 Å². The molecule has 1 aromatic rings. The summed E-state index contributed by atoms with van der Waals surface area (Å²) in [5.74, 6) is 0.452. The van der Waals surface area contributed by atoms with Crippen molar-refractivity contribution in [3.8, 4) is 0 Å². The zero-order valence-electron chi connectivity index (χ0n) is 15.5. The van der Waals surface area contributed by atoms with Crippen LogP contribution < -0.4 is 0 Å². The molecule has 0 aromatic heterocycles. The number of halogens is 1. The van der Waals surface area contributed by atoms with Crippen molar-refractivity contribution in [1.29, 1.82) is 0 Å². The maximum absolute atomic E-state index is 13.1. The number of ether oxygens (including phenoxy) is 2. The van der Waals surface area contributed by atoms with E-state index in [2.05, 4.69) is 9.80 Å². The molecular weight excluding hydrogens is 319 g/mol. The van der Waals surface area contributed by atoms with Crippen LogP contribution in [0.1, 0.15) is 18.4 Å². The Labute approximate surface area is 150 Å². The van der Waals surface area contributed by atoms with Crippen molar-refractivity contribution < 1.29 is 13.9 Å². The molecule has 1 spiro atoms. The summed E-state index contributed by atoms with van der Waals surface area (Å²) in [6.07, 6.45) is 2.43. The van der Waals surface area contributed by atoms with Gasteiger partial charge in [-0.1, -0.05) is 12.1 Å². The lowest BCUT2D eigenvalue weighted by Crippen LogP contribution is -2.45. The van der Waals surface area contributed by atoms with Crippen LogP contribution >= 0.6 is 0 Å². The minimum atomic E-state index is -0.161. The molecule has 0 radical (unpaired) electrons. The van der Waals surface area contributed by atoms with Gasteiger partial charge in [0.25, 0.3) is 0 Å². The molecule has 0 aliphatic carbocycles. The fourth-order valence-corrected chi connectivity index (χ4v) is 4.54. The average Bonchev–Trinajstić information content (AvgIpc) is 2.95. The lowest BCUT2D eigenvalue weighted by molar-refractivity contribution is 0.0348. The molecule has 2 aliphatic heterocycles. The summed E-state index contributed by atoms with van der Waals surface area (Å²) >= 11 is 0. The van der Waals surface area contributed by atoms with Gasteiger partial charge in [-0.05, 0) is 49.0 Å². The number of likely N-dealkylation sites (tertiary alicyclic amines) is 2. The molecule has 0 bridgehead atoms. The second kappa shape index (κ2) is 8.58. The van der Waals surface area contributed by atoms with Crippen LogP contribution in [0.5, 0.6) is 0 Å². The summed E-state index contributed by atoms with van der Waals surface area (Å²) in [4.78, 5) is 5.04. The Morgan fingerprint density at radius 1 is 1.08 bits per heavy atom. The SMILES string of the molecule is COCCN1CC(COC)C2(CCN(Cc3ccc(F)cc3)CC2)C1. The van der Waals surface area contributed by atoms with E-state index in [0.29, 0.717) is 11.3 Å². The second-order valence-corrected chi connectivity index (χ2v) is 7.65. The summed E-state index contributed by atoms with van der Waals surface area (Å²) in [6, 6.07) is 6.91. The zero-order chi connectivity index (χ0) is 17.7. The molecule has 2 aliphatic rings. The second-order valence-electron chi connectivity index (χ2n) is 7.65. The van der Waals surface area contributed by atoms with Crippen molar-refractivity contribution in [1.82, 2.24) is 9.80 Å². The van der Waals surface area contributed by atoms with E-state index >= 15 is 0 Å². The third kappa shape index (κ3) is 4.59. The molecule has 4 nitrogen and oxygen atoms in total. The molecule has 25 heavy (non-hydrogen) atoms. The van der Waals surface area contributed by atoms with Crippen LogP contribution in [-0.2, 0) is 16.0 Å². The molecule has 1 atom stereocenters. The van der Waals surface area contributed by atoms with Crippen LogP contribution in [0.25, 0.3) is 0 Å². The van der Waals surface area contributed by atoms with Gasteiger partial charge in [-0.2, -0.15) is 0 Å². The first kappa shape index (κ1) is 18.8. The molecule has 2 heterocycles. The molecule has 3 rings (SSSR count). The molecule has 0 saturated carbocycles. The van der Waals surface area contributed by atoms with Crippen LogP contribution in [0.3, 0.4) is 0 Å². The fraction of sp³-hybridized carbons (Fsp3) is 0.700. The highest BCUT2D eigenvalue weighted by molar-refractivity contribution is 5.16. The maximum Gasteiger partial charge on any atom is 0.123 e. The minimum Gasteiger partial charge on any atom is -0.384 e. The zero-order valence-corrected chi connectivity index (χ0v) is 15.5. The number of methoxy groups -OCH3 is 2. The average molecular weight is 350 g/mol. The monoisotopic (exact) mass is 350 g/mol. The van der Waals surface area contributed by atoms with Gasteiger partial charge in [-0.25, -0.2) is 4.39 Å². The molecule has 1 aromatic carbocycles. The summed E-state index contributed by atoms with van der Waals surface area (Å²) < 4.78 is 23.9. The van der Waals surface area contributed by atoms with Crippen molar-refractivity contribution in [3.05, 3.63) is 35.6 Å². The van der Waals surface area contributed by atoms with E-state index in [9.17, 15) is 4.39 Å². The van der Waals surface area contributed by atoms with Gasteiger partial charge < -0.3 is 14.4 Å². The largest absolute Gasteiger partial charge is 0.384 e. The summed E-state index contributed by atoms with van der Waals surface area (Å²) in [6.45, 7) is 8.07. The van der Waals surface area contributed by atoms with Crippen molar-refractivity contribution >= 4 is 0 Å². The van der Waals surface area contributed by atoms with Gasteiger partial charge >= 0.3 is 0 Å². The van der Waals surface area contributed by atoms with Gasteiger partial charge in [0, 0.05) is 46.3 Å². The van der Waals surface area contributed by atoms with Crippen molar-refractivity contribution in [2.45, 2.75) is 19.4 Å². The van der Waals surface area contributed by atoms with Crippen LogP contribution in [-0.4, -0.2) is 70.0 Å². The maximum atomic E-state index is 13.1. The standard InChI is InChI=1S/C20H31FN2O2/c1-24-12-11-23-14-18(15-25-2)20(16-23)7-9-22(10-8-20)13-17-3-5-19(21)6-4-17/h3-6,18H,7-16H2,1-2H3. The minimum absolute atomic E-state index is 0.161. The molecule has 5 heteroatoms. The number of nitrogens with zero attached hydrogens (tertiary/aromatic N) is 2. The van der Waals surface area contributed by atoms with Gasteiger partial charge in [-0.15, -0.1) is 0 Å². The first-order chi connectivity index (χ1) is 12.1. The van der Waals surface area contributed by atoms with E-state index in [1.165, 1.54) is 18.4 Å². The summed E-state index contributed by atoms with van der Waals surface area (Å²) in [5.41, 5.74) is 1.57. The third-order valence-corrected chi connectivity index (χ3v) is 6.03. The van der Waals surface area contributed by atoms with Crippen molar-refractivity contribution in [2.75, 3.05) is 60.2 Å². The molecule has 2 saturated heterocycles. The first-order valence-electron chi connectivity index (χ1n) is 9.32. The predicted molar refractivity (Wildman–Crippen MR) is 97.0 cm³/mol. The number of rotatable bonds is 7. The van der Waals surface area contributed by atoms with E-state index in [1.54, 1.807) is 19.2 Å². The Hall–Kier alpha value is -1.01. The van der Waals surface area contributed by atoms with Gasteiger partial charge in [0.2, 0.25) is 0 Å². The van der Waals surface area contributed by atoms with Crippen LogP contribution in [0.4, 0.5) is 4.39 Å². The Balaban J connectivity index is 1.57. The Morgan fingerprint density at radius 3 is 2.44 bits per heavy atom. The highest BCUT2D eigenvalue weighted by atomic mass is 19.1. The number of piperidine rings is 1. The van der Waals surface area contributed by atoms with E-state index in [-0.39, 0.29) is 5.82 Å². The fourth-order valence-electron chi connectivity index (χ4n) is 4.54. The predicted octanol–water partition coefficient (Wildman–Crippen LogP) is 2.63. The van der Waals surface area contributed by atoms with Crippen LogP contribution in [0, 0.1) is 17.2 Å². The van der Waals surface area contributed by atoms with Gasteiger partial charge in [-0.3, -0.25) is 4.90 Å². The molecule has 1 unspecified atom stereocenters. The number of hydrogen-bond acceptors (Lipinski definition) is 4. The molecule has 140 valence electrons. The lowest BCUT2D eigenvalue weighted by Gasteiger charge is -2.42. The Morgan fingerprint density at radius 2 is 1.80 bits per heavy atom. The third-order valence-electron chi connectivity index (χ3n) is 6.03. The van der Waals surface area contributed by atoms with Crippen LogP contribution in [0.2, 0.25) is 0 Å². The van der Waals surface area contributed by atoms with Gasteiger partial charge in [0.15, 0.2) is 0 Å². The number of benzene rings is 1. The lowest BCUT2D eigenvalue weighted by atomic mass is 9.71. The van der Waals surface area contributed by atoms with Crippen LogP contribution in [0.15, 0.2) is 24.3 Å². The quantitative estimate of drug-likeness (QED) is 0.755. The Bertz CT molecular complexity index is 529. The molecule has 0 amide bonds. The van der Waals surface area contributed by atoms with E-state index in [0.717, 1.165) is 52.5 Å². The smallest absolute Gasteiger partial charge is 0.123 e. The highest BCUT2D eigenvalue weighted by Crippen LogP contribution is 2.44. The van der Waals surface area contributed by atoms with Crippen molar-refractivity contribution in [3.63, 3.8) is 0 Å². The first-order valence-corrected chi connectivity index (χ1v) is 9.32. The molecule has 0 N–H and O–H groups in total. The van der Waals surface area contributed by atoms with Gasteiger partial charge in [0.05, 0.1) is 13.2 Å². The number of hydrogen-bond donors (Lipinski definition) is 0. The molecule has 2 fully saturated rings. The normalized spacial score (nSPS) is 24.2. The van der Waals surface area contributed by atoms with E-state index in [1.807, 2.05) is 19.2 Å². The topological polar surface area (TPSA) is 24.9 Å². The summed E-state index contributed by atoms with van der Waals surface area (Å²) in [7, 11) is 3.58. The Kier molecular flexibility index (Phi) is 6.44. The highest BCUT2D eigenvalue weighted by Gasteiger charge is 2.47.